The maximum absolute atomic E-state index is 13.1. The van der Waals surface area contributed by atoms with E-state index in [-0.39, 0.29) is 5.25 Å². The number of likely N-dealkylation sites (tertiary alicyclic amines) is 1. The van der Waals surface area contributed by atoms with Crippen molar-refractivity contribution in [1.82, 2.24) is 29.4 Å². The summed E-state index contributed by atoms with van der Waals surface area (Å²) in [5.41, 5.74) is 2.83. The first kappa shape index (κ1) is 27.5. The Labute approximate surface area is 238 Å². The molecule has 5 heterocycles. The number of aromatic nitrogens is 4. The minimum Gasteiger partial charge on any atom is -0.378 e. The molecule has 2 aliphatic heterocycles. The van der Waals surface area contributed by atoms with E-state index >= 15 is 0 Å². The summed E-state index contributed by atoms with van der Waals surface area (Å²) in [5.74, 6) is 1.63. The number of thiophene rings is 1. The van der Waals surface area contributed by atoms with E-state index in [1.54, 1.807) is 25.3 Å². The highest BCUT2D eigenvalue weighted by Gasteiger charge is 2.35. The van der Waals surface area contributed by atoms with Gasteiger partial charge in [-0.3, -0.25) is 10.00 Å². The van der Waals surface area contributed by atoms with E-state index in [9.17, 15) is 8.42 Å². The fraction of sp³-hybridized carbons (Fsp3) is 0.519. The van der Waals surface area contributed by atoms with Gasteiger partial charge in [0.25, 0.3) is 0 Å². The number of aromatic amines is 1. The van der Waals surface area contributed by atoms with Crippen LogP contribution in [0.4, 0.5) is 5.82 Å². The smallest absolute Gasteiger partial charge is 0.218 e. The highest BCUT2D eigenvalue weighted by Crippen LogP contribution is 2.36. The number of H-pyrrole nitrogens is 1. The molecule has 1 N–H and O–H groups in total. The lowest BCUT2D eigenvalue weighted by molar-refractivity contribution is 0.0412. The van der Waals surface area contributed by atoms with Crippen LogP contribution in [0, 0.1) is 0 Å². The van der Waals surface area contributed by atoms with Gasteiger partial charge >= 0.3 is 0 Å². The normalized spacial score (nSPS) is 18.8. The van der Waals surface area contributed by atoms with Crippen molar-refractivity contribution in [3.8, 4) is 11.4 Å². The predicted octanol–water partition coefficient (Wildman–Crippen LogP) is 3.29. The average molecular weight is 586 g/mol. The highest BCUT2D eigenvalue weighted by molar-refractivity contribution is 7.89. The molecule has 0 radical (unpaired) electrons. The van der Waals surface area contributed by atoms with Crippen LogP contribution in [0.5, 0.6) is 0 Å². The number of benzene rings is 1. The van der Waals surface area contributed by atoms with Crippen molar-refractivity contribution in [2.24, 2.45) is 0 Å². The van der Waals surface area contributed by atoms with Gasteiger partial charge in [-0.2, -0.15) is 9.40 Å². The predicted molar refractivity (Wildman–Crippen MR) is 157 cm³/mol. The summed E-state index contributed by atoms with van der Waals surface area (Å²) in [7, 11) is -0.281. The molecule has 0 bridgehead atoms. The molecule has 2 saturated heterocycles. The van der Waals surface area contributed by atoms with Crippen LogP contribution in [0.2, 0.25) is 0 Å². The maximum Gasteiger partial charge on any atom is 0.218 e. The Morgan fingerprint density at radius 1 is 1.20 bits per heavy atom. The Morgan fingerprint density at radius 3 is 2.73 bits per heavy atom. The molecule has 2 aliphatic rings. The number of fused-ring (bicyclic) bond motifs is 2. The third-order valence-corrected chi connectivity index (χ3v) is 11.5. The summed E-state index contributed by atoms with van der Waals surface area (Å²) in [6, 6.07) is 8.20. The minimum absolute atomic E-state index is 0.388. The average Bonchev–Trinajstić information content (AvgIpc) is 3.63. The molecule has 11 nitrogen and oxygen atoms in total. The fourth-order valence-corrected chi connectivity index (χ4v) is 8.42. The number of anilines is 1. The molecule has 1 unspecified atom stereocenters. The molecule has 0 saturated carbocycles. The van der Waals surface area contributed by atoms with Crippen LogP contribution in [0.3, 0.4) is 0 Å². The number of hydrogen-bond acceptors (Lipinski definition) is 10. The molecule has 4 aromatic rings. The van der Waals surface area contributed by atoms with E-state index in [0.717, 1.165) is 65.2 Å². The van der Waals surface area contributed by atoms with Crippen molar-refractivity contribution in [2.45, 2.75) is 37.8 Å². The van der Waals surface area contributed by atoms with Gasteiger partial charge in [0.2, 0.25) is 10.0 Å². The van der Waals surface area contributed by atoms with Gasteiger partial charge in [-0.15, -0.1) is 11.3 Å². The number of nitrogens with zero attached hydrogens (tertiary/aromatic N) is 6. The molecule has 2 fully saturated rings. The van der Waals surface area contributed by atoms with E-state index in [1.807, 2.05) is 24.4 Å². The zero-order valence-corrected chi connectivity index (χ0v) is 24.7. The first-order chi connectivity index (χ1) is 19.3. The number of morpholine rings is 1. The van der Waals surface area contributed by atoms with Crippen LogP contribution in [-0.2, 0) is 26.0 Å². The van der Waals surface area contributed by atoms with Crippen molar-refractivity contribution < 1.29 is 17.9 Å². The van der Waals surface area contributed by atoms with E-state index in [0.29, 0.717) is 31.9 Å². The lowest BCUT2D eigenvalue weighted by Crippen LogP contribution is -2.46. The molecule has 13 heteroatoms. The van der Waals surface area contributed by atoms with Gasteiger partial charge in [-0.25, -0.2) is 18.4 Å². The standard InChI is InChI=1S/C27H35N7O4S2/c1-18(37-3)32(2)40(35,36)20-7-9-33(10-8-20)17-19-15-24-25(39-19)27(34-11-13-38-14-12-34)30-26(29-24)21-5-4-6-23-22(21)16-28-31-23/h4-6,15-16,18,20H,7-14,17H2,1-3H3,(H,28,31). The molecule has 1 aromatic carbocycles. The summed E-state index contributed by atoms with van der Waals surface area (Å²) >= 11 is 1.73. The Bertz CT molecular complexity index is 1590. The molecule has 6 rings (SSSR count). The monoisotopic (exact) mass is 585 g/mol. The Morgan fingerprint density at radius 2 is 1.98 bits per heavy atom. The quantitative estimate of drug-likeness (QED) is 0.311. The topological polar surface area (TPSA) is 117 Å². The van der Waals surface area contributed by atoms with Crippen molar-refractivity contribution in [1.29, 1.82) is 0 Å². The van der Waals surface area contributed by atoms with E-state index in [2.05, 4.69) is 26.1 Å². The third-order valence-electron chi connectivity index (χ3n) is 8.03. The molecule has 3 aromatic heterocycles. The van der Waals surface area contributed by atoms with E-state index in [1.165, 1.54) is 16.3 Å². The summed E-state index contributed by atoms with van der Waals surface area (Å²) in [6.45, 7) is 6.88. The van der Waals surface area contributed by atoms with Gasteiger partial charge in [-0.05, 0) is 45.0 Å². The van der Waals surface area contributed by atoms with Gasteiger partial charge in [0.05, 0.1) is 40.4 Å². The Balaban J connectivity index is 1.26. The number of piperidine rings is 1. The van der Waals surface area contributed by atoms with E-state index in [4.69, 9.17) is 19.4 Å². The molecular formula is C27H35N7O4S2. The lowest BCUT2D eigenvalue weighted by atomic mass is 10.1. The van der Waals surface area contributed by atoms with Crippen LogP contribution in [0.25, 0.3) is 32.5 Å². The van der Waals surface area contributed by atoms with Gasteiger partial charge in [0, 0.05) is 49.6 Å². The van der Waals surface area contributed by atoms with Crippen molar-refractivity contribution in [3.05, 3.63) is 35.3 Å². The number of methoxy groups -OCH3 is 1. The molecule has 40 heavy (non-hydrogen) atoms. The van der Waals surface area contributed by atoms with Gasteiger partial charge < -0.3 is 14.4 Å². The van der Waals surface area contributed by atoms with Crippen molar-refractivity contribution in [2.75, 3.05) is 58.5 Å². The zero-order chi connectivity index (χ0) is 27.9. The second-order valence-corrected chi connectivity index (χ2v) is 13.8. The lowest BCUT2D eigenvalue weighted by Gasteiger charge is -2.34. The molecule has 0 spiro atoms. The maximum atomic E-state index is 13.1. The van der Waals surface area contributed by atoms with Crippen LogP contribution < -0.4 is 4.90 Å². The molecule has 0 aliphatic carbocycles. The van der Waals surface area contributed by atoms with Crippen LogP contribution in [0.1, 0.15) is 24.6 Å². The van der Waals surface area contributed by atoms with Gasteiger partial charge in [0.1, 0.15) is 6.23 Å². The van der Waals surface area contributed by atoms with Crippen LogP contribution >= 0.6 is 11.3 Å². The molecular weight excluding hydrogens is 550 g/mol. The SMILES string of the molecule is COC(C)N(C)S(=O)(=O)C1CCN(Cc2cc3nc(-c4cccc5[nH]ncc45)nc(N4CCOCC4)c3s2)CC1. The zero-order valence-electron chi connectivity index (χ0n) is 23.0. The first-order valence-electron chi connectivity index (χ1n) is 13.6. The summed E-state index contributed by atoms with van der Waals surface area (Å²) < 4.78 is 39.4. The minimum atomic E-state index is -3.41. The van der Waals surface area contributed by atoms with E-state index < -0.39 is 16.3 Å². The largest absolute Gasteiger partial charge is 0.378 e. The Kier molecular flexibility index (Phi) is 7.77. The number of sulfonamides is 1. The summed E-state index contributed by atoms with van der Waals surface area (Å²) in [4.78, 5) is 15.9. The number of rotatable bonds is 8. The number of hydrogen-bond donors (Lipinski definition) is 1. The highest BCUT2D eigenvalue weighted by atomic mass is 32.2. The fourth-order valence-electron chi connectivity index (χ4n) is 5.49. The second-order valence-electron chi connectivity index (χ2n) is 10.4. The number of nitrogens with one attached hydrogen (secondary N) is 1. The van der Waals surface area contributed by atoms with Crippen LogP contribution in [0.15, 0.2) is 30.5 Å². The summed E-state index contributed by atoms with van der Waals surface area (Å²) in [5, 5.41) is 7.86. The molecule has 1 atom stereocenters. The van der Waals surface area contributed by atoms with Gasteiger partial charge in [-0.1, -0.05) is 12.1 Å². The van der Waals surface area contributed by atoms with Gasteiger partial charge in [0.15, 0.2) is 11.6 Å². The van der Waals surface area contributed by atoms with Crippen molar-refractivity contribution >= 4 is 48.3 Å². The summed E-state index contributed by atoms with van der Waals surface area (Å²) in [6.07, 6.45) is 2.55. The second kappa shape index (κ2) is 11.3. The molecule has 214 valence electrons. The Hall–Kier alpha value is -2.68. The van der Waals surface area contributed by atoms with Crippen molar-refractivity contribution in [3.63, 3.8) is 0 Å². The molecule has 0 amide bonds. The van der Waals surface area contributed by atoms with Crippen LogP contribution in [-0.4, -0.2) is 103 Å². The number of ether oxygens (including phenoxy) is 2. The third kappa shape index (κ3) is 5.21. The first-order valence-corrected chi connectivity index (χ1v) is 15.9.